The van der Waals surface area contributed by atoms with Gasteiger partial charge >= 0.3 is 0 Å². The van der Waals surface area contributed by atoms with Crippen LogP contribution in [0, 0.1) is 17.6 Å². The molecule has 1 aliphatic rings. The van der Waals surface area contributed by atoms with Gasteiger partial charge in [-0.15, -0.1) is 0 Å². The molecule has 1 N–H and O–H groups in total. The average Bonchev–Trinajstić information content (AvgIpc) is 2.74. The molecule has 0 atom stereocenters. The van der Waals surface area contributed by atoms with Gasteiger partial charge in [0.1, 0.15) is 11.6 Å². The van der Waals surface area contributed by atoms with Crippen LogP contribution in [0.1, 0.15) is 25.7 Å². The highest BCUT2D eigenvalue weighted by molar-refractivity contribution is 9.10. The van der Waals surface area contributed by atoms with Gasteiger partial charge in [-0.25, -0.2) is 13.8 Å². The predicted molar refractivity (Wildman–Crippen MR) is 111 cm³/mol. The van der Waals surface area contributed by atoms with Gasteiger partial charge < -0.3 is 15.0 Å². The highest BCUT2D eigenvalue weighted by Crippen LogP contribution is 2.21. The molecule has 0 bridgehead atoms. The first kappa shape index (κ1) is 22.1. The molecule has 30 heavy (non-hydrogen) atoms. The summed E-state index contributed by atoms with van der Waals surface area (Å²) < 4.78 is 32.5. The Kier molecular flexibility index (Phi) is 7.73. The van der Waals surface area contributed by atoms with E-state index in [9.17, 15) is 18.4 Å². The fourth-order valence-corrected chi connectivity index (χ4v) is 3.46. The van der Waals surface area contributed by atoms with Crippen LogP contribution in [0.4, 0.5) is 14.6 Å². The number of halogens is 3. The number of carbonyl (C=O) groups is 2. The van der Waals surface area contributed by atoms with Crippen LogP contribution < -0.4 is 10.1 Å². The van der Waals surface area contributed by atoms with Crippen LogP contribution in [0.15, 0.2) is 41.0 Å². The van der Waals surface area contributed by atoms with E-state index in [1.807, 2.05) is 0 Å². The third-order valence-electron chi connectivity index (χ3n) is 4.88. The lowest BCUT2D eigenvalue weighted by atomic mass is 9.95. The number of ether oxygens (including phenoxy) is 1. The summed E-state index contributed by atoms with van der Waals surface area (Å²) >= 11 is 3.30. The first-order valence-electron chi connectivity index (χ1n) is 9.70. The smallest absolute Gasteiger partial charge is 0.228 e. The summed E-state index contributed by atoms with van der Waals surface area (Å²) in [5, 5.41) is 2.80. The molecular formula is C21H22BrF2N3O3. The van der Waals surface area contributed by atoms with Crippen LogP contribution in [0.3, 0.4) is 0 Å². The number of rotatable bonds is 7. The Balaban J connectivity index is 1.36. The largest absolute Gasteiger partial charge is 0.491 e. The number of hydrogen-bond donors (Lipinski definition) is 1. The number of nitrogens with zero attached hydrogens (tertiary/aromatic N) is 2. The summed E-state index contributed by atoms with van der Waals surface area (Å²) in [4.78, 5) is 30.6. The molecule has 0 unspecified atom stereocenters. The lowest BCUT2D eigenvalue weighted by molar-refractivity contribution is -0.134. The van der Waals surface area contributed by atoms with Crippen molar-refractivity contribution >= 4 is 33.6 Å². The zero-order valence-corrected chi connectivity index (χ0v) is 17.8. The van der Waals surface area contributed by atoms with Gasteiger partial charge in [0.2, 0.25) is 11.8 Å². The van der Waals surface area contributed by atoms with Gasteiger partial charge in [0.05, 0.1) is 6.61 Å². The van der Waals surface area contributed by atoms with Gasteiger partial charge in [-0.2, -0.15) is 0 Å². The molecule has 1 aromatic carbocycles. The molecule has 9 heteroatoms. The van der Waals surface area contributed by atoms with Gasteiger partial charge in [-0.05, 0) is 59.5 Å². The minimum atomic E-state index is -0.764. The second-order valence-corrected chi connectivity index (χ2v) is 7.95. The monoisotopic (exact) mass is 481 g/mol. The summed E-state index contributed by atoms with van der Waals surface area (Å²) in [6.45, 7) is 1.18. The molecule has 160 valence electrons. The third-order valence-corrected chi connectivity index (χ3v) is 5.35. The van der Waals surface area contributed by atoms with E-state index in [-0.39, 0.29) is 36.5 Å². The number of benzene rings is 1. The van der Waals surface area contributed by atoms with E-state index in [0.717, 1.165) is 16.6 Å². The molecule has 1 fully saturated rings. The van der Waals surface area contributed by atoms with Crippen LogP contribution in [0.5, 0.6) is 5.75 Å². The van der Waals surface area contributed by atoms with Crippen LogP contribution in [-0.4, -0.2) is 41.4 Å². The maximum Gasteiger partial charge on any atom is 0.228 e. The van der Waals surface area contributed by atoms with Gasteiger partial charge in [0.25, 0.3) is 0 Å². The number of likely N-dealkylation sites (tertiary alicyclic amines) is 1. The number of hydrogen-bond acceptors (Lipinski definition) is 4. The molecule has 3 rings (SSSR count). The third kappa shape index (κ3) is 6.22. The minimum absolute atomic E-state index is 0.0217. The zero-order valence-electron chi connectivity index (χ0n) is 16.2. The maximum atomic E-state index is 13.5. The maximum absolute atomic E-state index is 13.5. The average molecular weight is 482 g/mol. The predicted octanol–water partition coefficient (Wildman–Crippen LogP) is 4.16. The number of amides is 2. The van der Waals surface area contributed by atoms with E-state index in [0.29, 0.717) is 38.2 Å². The summed E-state index contributed by atoms with van der Waals surface area (Å²) in [5.74, 6) is -1.24. The Hall–Kier alpha value is -2.55. The van der Waals surface area contributed by atoms with Crippen molar-refractivity contribution in [3.8, 4) is 5.75 Å². The molecule has 1 saturated heterocycles. The molecular weight excluding hydrogens is 460 g/mol. The minimum Gasteiger partial charge on any atom is -0.491 e. The van der Waals surface area contributed by atoms with Crippen LogP contribution in [-0.2, 0) is 9.59 Å². The Bertz CT molecular complexity index is 888. The van der Waals surface area contributed by atoms with Crippen LogP contribution in [0.25, 0.3) is 0 Å². The van der Waals surface area contributed by atoms with Crippen molar-refractivity contribution in [2.24, 2.45) is 5.92 Å². The molecule has 2 aromatic rings. The quantitative estimate of drug-likeness (QED) is 0.602. The normalized spacial score (nSPS) is 14.4. The Morgan fingerprint density at radius 3 is 2.63 bits per heavy atom. The van der Waals surface area contributed by atoms with Crippen LogP contribution >= 0.6 is 15.9 Å². The van der Waals surface area contributed by atoms with E-state index < -0.39 is 11.6 Å². The van der Waals surface area contributed by atoms with E-state index in [1.54, 1.807) is 23.2 Å². The van der Waals surface area contributed by atoms with E-state index in [4.69, 9.17) is 4.74 Å². The van der Waals surface area contributed by atoms with E-state index in [2.05, 4.69) is 26.2 Å². The van der Waals surface area contributed by atoms with E-state index in [1.165, 1.54) is 6.07 Å². The summed E-state index contributed by atoms with van der Waals surface area (Å²) in [6.07, 6.45) is 3.48. The molecule has 2 amide bonds. The molecule has 0 spiro atoms. The highest BCUT2D eigenvalue weighted by Gasteiger charge is 2.27. The fourth-order valence-electron chi connectivity index (χ4n) is 3.23. The number of nitrogens with one attached hydrogen (secondary N) is 1. The van der Waals surface area contributed by atoms with Crippen molar-refractivity contribution in [1.29, 1.82) is 0 Å². The Morgan fingerprint density at radius 1 is 1.20 bits per heavy atom. The van der Waals surface area contributed by atoms with Gasteiger partial charge in [0.15, 0.2) is 11.6 Å². The first-order valence-corrected chi connectivity index (χ1v) is 10.5. The number of pyridine rings is 1. The van der Waals surface area contributed by atoms with Crippen molar-refractivity contribution in [2.45, 2.75) is 25.7 Å². The first-order chi connectivity index (χ1) is 14.4. The van der Waals surface area contributed by atoms with Crippen molar-refractivity contribution in [2.75, 3.05) is 25.0 Å². The lowest BCUT2D eigenvalue weighted by Crippen LogP contribution is -2.41. The van der Waals surface area contributed by atoms with Gasteiger partial charge in [-0.1, -0.05) is 0 Å². The molecule has 1 aliphatic heterocycles. The second kappa shape index (κ2) is 10.5. The molecule has 0 radical (unpaired) electrons. The van der Waals surface area contributed by atoms with Crippen molar-refractivity contribution < 1.29 is 23.1 Å². The van der Waals surface area contributed by atoms with Gasteiger partial charge in [-0.3, -0.25) is 9.59 Å². The topological polar surface area (TPSA) is 71.5 Å². The number of anilines is 1. The SMILES string of the molecule is O=C(Nc1ccc(Br)cn1)C1CCN(C(=O)CCCOc2ccc(F)cc2F)CC1. The van der Waals surface area contributed by atoms with Crippen molar-refractivity contribution in [3.05, 3.63) is 52.6 Å². The summed E-state index contributed by atoms with van der Waals surface area (Å²) in [5.41, 5.74) is 0. The fraction of sp³-hybridized carbons (Fsp3) is 0.381. The molecule has 1 aromatic heterocycles. The summed E-state index contributed by atoms with van der Waals surface area (Å²) in [6, 6.07) is 6.63. The van der Waals surface area contributed by atoms with Crippen molar-refractivity contribution in [1.82, 2.24) is 9.88 Å². The zero-order chi connectivity index (χ0) is 21.5. The standard InChI is InChI=1S/C21H22BrF2N3O3/c22-15-3-6-19(25-13-15)26-21(29)14-7-9-27(10-8-14)20(28)2-1-11-30-18-5-4-16(23)12-17(18)24/h3-6,12-14H,1-2,7-11H2,(H,25,26,29). The number of carbonyl (C=O) groups excluding carboxylic acids is 2. The highest BCUT2D eigenvalue weighted by atomic mass is 79.9. The lowest BCUT2D eigenvalue weighted by Gasteiger charge is -2.31. The number of aromatic nitrogens is 1. The van der Waals surface area contributed by atoms with Crippen LogP contribution in [0.2, 0.25) is 0 Å². The molecule has 0 aliphatic carbocycles. The molecule has 2 heterocycles. The van der Waals surface area contributed by atoms with Gasteiger partial charge in [0, 0.05) is 42.2 Å². The Morgan fingerprint density at radius 2 is 1.97 bits per heavy atom. The Labute approximate surface area is 181 Å². The van der Waals surface area contributed by atoms with E-state index >= 15 is 0 Å². The summed E-state index contributed by atoms with van der Waals surface area (Å²) in [7, 11) is 0. The molecule has 0 saturated carbocycles. The molecule has 6 nitrogen and oxygen atoms in total. The number of piperidine rings is 1. The van der Waals surface area contributed by atoms with Crippen molar-refractivity contribution in [3.63, 3.8) is 0 Å². The second-order valence-electron chi connectivity index (χ2n) is 7.03.